The van der Waals surface area contributed by atoms with Gasteiger partial charge in [-0.25, -0.2) is 9.59 Å². The van der Waals surface area contributed by atoms with E-state index in [0.717, 1.165) is 116 Å². The normalized spacial score (nSPS) is 12.8. The van der Waals surface area contributed by atoms with Crippen molar-refractivity contribution in [3.63, 3.8) is 0 Å². The number of aliphatic hydroxyl groups is 2. The molecule has 4 unspecified atom stereocenters. The predicted molar refractivity (Wildman–Crippen MR) is 292 cm³/mol. The largest absolute Gasteiger partial charge is 1.00 e. The highest BCUT2D eigenvalue weighted by atomic mass is 35.5. The van der Waals surface area contributed by atoms with Gasteiger partial charge in [-0.3, -0.25) is 19.2 Å². The summed E-state index contributed by atoms with van der Waals surface area (Å²) in [4.78, 5) is 70.5. The SMILES string of the molecule is C=CCC(O)C(CCCCC)OC(=O)C[N+](C)(C)CCOC(C)=O.CCCCCCCC(=O)OCCCCCCOC(=O)CCCCCCCC=CCC(O)C(CCCCC)OC(=O)C[N+](C)(C)CCOC(C)=O.[Cl-].[Cl-]. The Morgan fingerprint density at radius 2 is 0.829 bits per heavy atom. The molecular weight excluding hydrogens is 1020 g/mol. The monoisotopic (exact) mass is 1130 g/mol. The van der Waals surface area contributed by atoms with E-state index in [-0.39, 0.29) is 86.9 Å². The van der Waals surface area contributed by atoms with E-state index < -0.39 is 24.4 Å². The lowest BCUT2D eigenvalue weighted by Crippen LogP contribution is -3.00. The summed E-state index contributed by atoms with van der Waals surface area (Å²) in [7, 11) is 7.51. The number of allylic oxidation sites excluding steroid dienone is 1. The van der Waals surface area contributed by atoms with Gasteiger partial charge in [0.15, 0.2) is 13.1 Å². The molecule has 0 fully saturated rings. The Morgan fingerprint density at radius 3 is 1.24 bits per heavy atom. The molecule has 0 spiro atoms. The first kappa shape index (κ1) is 79.2. The third-order valence-electron chi connectivity index (χ3n) is 12.5. The Hall–Kier alpha value is -3.28. The van der Waals surface area contributed by atoms with Gasteiger partial charge in [0.25, 0.3) is 0 Å². The van der Waals surface area contributed by atoms with Gasteiger partial charge in [0.2, 0.25) is 0 Å². The summed E-state index contributed by atoms with van der Waals surface area (Å²) >= 11 is 0. The van der Waals surface area contributed by atoms with Crippen LogP contribution in [-0.2, 0) is 57.2 Å². The average Bonchev–Trinajstić information content (AvgIpc) is 3.31. The summed E-state index contributed by atoms with van der Waals surface area (Å²) in [5.74, 6) is -1.60. The third kappa shape index (κ3) is 52.8. The van der Waals surface area contributed by atoms with Crippen LogP contribution in [-0.4, -0.2) is 160 Å². The second-order valence-corrected chi connectivity index (χ2v) is 21.1. The standard InChI is InChI=1S/C40H74NO9.C18H34NO5.2ClH/c1-6-8-10-15-22-28-38(44)48-31-24-18-19-25-32-49-39(45)29-23-17-14-12-11-13-16-21-26-36(43)37(27-20-9-7-2)50-40(46)34-41(4,5)30-33-47-35(3)42;1-6-8-9-11-17(16(21)10-7-2)24-18(22)14-19(4,5)12-13-23-15(3)20;;/h16,21,36-37,43H,6-15,17-20,22-34H2,1-5H3;7,16-17,21H,2,6,8-14H2,1,3-5H3;2*1H/q2*+1;;/p-2. The van der Waals surface area contributed by atoms with Crippen LogP contribution < -0.4 is 24.8 Å². The smallest absolute Gasteiger partial charge is 0.362 e. The number of likely N-dealkylation sites (N-methyl/N-ethyl adjacent to an activating group) is 2. The number of unbranched alkanes of at least 4 members (excludes halogenated alkanes) is 16. The highest BCUT2D eigenvalue weighted by molar-refractivity contribution is 5.71. The molecule has 0 aromatic rings. The van der Waals surface area contributed by atoms with Gasteiger partial charge in [0.1, 0.15) is 38.5 Å². The van der Waals surface area contributed by atoms with Gasteiger partial charge in [-0.15, -0.1) is 6.58 Å². The van der Waals surface area contributed by atoms with E-state index in [2.05, 4.69) is 33.4 Å². The van der Waals surface area contributed by atoms with Crippen LogP contribution >= 0.6 is 0 Å². The summed E-state index contributed by atoms with van der Waals surface area (Å²) in [5, 5.41) is 21.0. The highest BCUT2D eigenvalue weighted by Crippen LogP contribution is 2.18. The molecule has 448 valence electrons. The number of hydrogen-bond donors (Lipinski definition) is 2. The molecule has 0 bridgehead atoms. The molecule has 0 saturated carbocycles. The molecule has 0 aromatic heterocycles. The number of nitrogens with zero attached hydrogens (tertiary/aromatic N) is 2. The number of carbonyl (C=O) groups is 6. The van der Waals surface area contributed by atoms with Crippen LogP contribution in [0.15, 0.2) is 24.8 Å². The Morgan fingerprint density at radius 1 is 0.461 bits per heavy atom. The van der Waals surface area contributed by atoms with Crippen LogP contribution in [0.2, 0.25) is 0 Å². The van der Waals surface area contributed by atoms with Crippen molar-refractivity contribution < 1.29 is 101 Å². The van der Waals surface area contributed by atoms with E-state index >= 15 is 0 Å². The van der Waals surface area contributed by atoms with Crippen molar-refractivity contribution in [1.29, 1.82) is 0 Å². The number of quaternary nitrogens is 2. The summed E-state index contributed by atoms with van der Waals surface area (Å²) in [5.41, 5.74) is 0. The molecule has 0 aliphatic carbocycles. The van der Waals surface area contributed by atoms with Crippen molar-refractivity contribution in [2.24, 2.45) is 0 Å². The molecule has 0 aliphatic rings. The first-order valence-corrected chi connectivity index (χ1v) is 28.4. The fraction of sp³-hybridized carbons (Fsp3) is 0.828. The number of ether oxygens (including phenoxy) is 6. The molecule has 16 nitrogen and oxygen atoms in total. The maximum absolute atomic E-state index is 12.7. The molecular formula is C58H108Cl2N2O14. The molecule has 0 aromatic carbocycles. The third-order valence-corrected chi connectivity index (χ3v) is 12.5. The summed E-state index contributed by atoms with van der Waals surface area (Å²) < 4.78 is 32.5. The van der Waals surface area contributed by atoms with E-state index in [1.54, 1.807) is 6.08 Å². The lowest BCUT2D eigenvalue weighted by Gasteiger charge is -2.30. The quantitative estimate of drug-likeness (QED) is 0.0289. The Balaban J connectivity index is -0.000000838. The maximum Gasteiger partial charge on any atom is 0.362 e. The number of aliphatic hydroxyl groups excluding tert-OH is 2. The van der Waals surface area contributed by atoms with E-state index in [9.17, 15) is 39.0 Å². The topological polar surface area (TPSA) is 198 Å². The molecule has 0 saturated heterocycles. The van der Waals surface area contributed by atoms with Crippen molar-refractivity contribution in [1.82, 2.24) is 0 Å². The van der Waals surface area contributed by atoms with Gasteiger partial charge in [-0.05, 0) is 89.9 Å². The molecule has 0 aliphatic heterocycles. The fourth-order valence-electron chi connectivity index (χ4n) is 7.83. The van der Waals surface area contributed by atoms with Crippen molar-refractivity contribution in [2.75, 3.05) is 80.8 Å². The van der Waals surface area contributed by atoms with E-state index in [0.29, 0.717) is 73.8 Å². The first-order chi connectivity index (χ1) is 35.2. The number of hydrogen-bond acceptors (Lipinski definition) is 14. The second kappa shape index (κ2) is 52.4. The maximum atomic E-state index is 12.7. The highest BCUT2D eigenvalue weighted by Gasteiger charge is 2.29. The van der Waals surface area contributed by atoms with Crippen LogP contribution in [0.3, 0.4) is 0 Å². The van der Waals surface area contributed by atoms with Crippen molar-refractivity contribution in [3.05, 3.63) is 24.8 Å². The zero-order valence-electron chi connectivity index (χ0n) is 48.9. The van der Waals surface area contributed by atoms with Crippen molar-refractivity contribution in [2.45, 2.75) is 232 Å². The number of halogens is 2. The minimum absolute atomic E-state index is 0. The molecule has 0 heterocycles. The van der Waals surface area contributed by atoms with E-state index in [1.807, 2.05) is 34.3 Å². The van der Waals surface area contributed by atoms with Crippen LogP contribution in [0.4, 0.5) is 0 Å². The van der Waals surface area contributed by atoms with E-state index in [1.165, 1.54) is 33.1 Å². The zero-order chi connectivity index (χ0) is 55.9. The number of carbonyl (C=O) groups excluding carboxylic acids is 6. The van der Waals surface area contributed by atoms with Crippen molar-refractivity contribution in [3.8, 4) is 0 Å². The average molecular weight is 1130 g/mol. The molecule has 0 amide bonds. The summed E-state index contributed by atoms with van der Waals surface area (Å²) in [6, 6.07) is 0. The van der Waals surface area contributed by atoms with Crippen LogP contribution in [0.25, 0.3) is 0 Å². The van der Waals surface area contributed by atoms with Crippen LogP contribution in [0.1, 0.15) is 208 Å². The summed E-state index contributed by atoms with van der Waals surface area (Å²) in [6.07, 6.45) is 27.4. The Bertz CT molecular complexity index is 1520. The molecule has 2 N–H and O–H groups in total. The van der Waals surface area contributed by atoms with Crippen LogP contribution in [0, 0.1) is 0 Å². The predicted octanol–water partition coefficient (Wildman–Crippen LogP) is 4.23. The lowest BCUT2D eigenvalue weighted by atomic mass is 10.0. The Kier molecular flexibility index (Phi) is 54.6. The van der Waals surface area contributed by atoms with Gasteiger partial charge >= 0.3 is 35.8 Å². The van der Waals surface area contributed by atoms with Gasteiger partial charge in [-0.2, -0.15) is 0 Å². The molecule has 0 rings (SSSR count). The second-order valence-electron chi connectivity index (χ2n) is 21.1. The first-order valence-electron chi connectivity index (χ1n) is 28.4. The zero-order valence-corrected chi connectivity index (χ0v) is 50.5. The molecule has 18 heteroatoms. The molecule has 76 heavy (non-hydrogen) atoms. The number of esters is 6. The molecule has 0 radical (unpaired) electrons. The minimum atomic E-state index is -0.755. The molecule has 4 atom stereocenters. The Labute approximate surface area is 473 Å². The fourth-order valence-corrected chi connectivity index (χ4v) is 7.83. The summed E-state index contributed by atoms with van der Waals surface area (Å²) in [6.45, 7) is 15.5. The lowest BCUT2D eigenvalue weighted by molar-refractivity contribution is -0.883. The van der Waals surface area contributed by atoms with Crippen molar-refractivity contribution >= 4 is 35.8 Å². The van der Waals surface area contributed by atoms with Crippen LogP contribution in [0.5, 0.6) is 0 Å². The number of rotatable bonds is 47. The van der Waals surface area contributed by atoms with E-state index in [4.69, 9.17) is 28.4 Å². The van der Waals surface area contributed by atoms with Gasteiger partial charge in [0, 0.05) is 26.7 Å². The van der Waals surface area contributed by atoms with Gasteiger partial charge < -0.3 is 72.4 Å². The van der Waals surface area contributed by atoms with Gasteiger partial charge in [0.05, 0.1) is 53.6 Å². The van der Waals surface area contributed by atoms with Gasteiger partial charge in [-0.1, -0.05) is 110 Å². The minimum Gasteiger partial charge on any atom is -1.00 e.